The third kappa shape index (κ3) is 8.20. The van der Waals surface area contributed by atoms with Crippen LogP contribution < -0.4 is 5.73 Å². The monoisotopic (exact) mass is 619 g/mol. The number of fused-ring (bicyclic) bond motifs is 5. The van der Waals surface area contributed by atoms with E-state index in [4.69, 9.17) is 19.9 Å². The van der Waals surface area contributed by atoms with Crippen molar-refractivity contribution in [2.24, 2.45) is 52.1 Å². The Morgan fingerprint density at radius 2 is 1.52 bits per heavy atom. The first kappa shape index (κ1) is 35.7. The minimum atomic E-state index is -0.938. The van der Waals surface area contributed by atoms with Crippen molar-refractivity contribution in [2.45, 2.75) is 175 Å². The van der Waals surface area contributed by atoms with E-state index in [9.17, 15) is 14.7 Å². The summed E-state index contributed by atoms with van der Waals surface area (Å²) in [6, 6.07) is -0.741. The van der Waals surface area contributed by atoms with Crippen molar-refractivity contribution in [1.82, 2.24) is 0 Å². The summed E-state index contributed by atoms with van der Waals surface area (Å²) in [5, 5.41) is 10.1. The highest BCUT2D eigenvalue weighted by atomic mass is 16.6. The third-order valence-corrected chi connectivity index (χ3v) is 12.4. The summed E-state index contributed by atoms with van der Waals surface area (Å²) < 4.78 is 17.1. The Labute approximate surface area is 268 Å². The minimum Gasteiger partial charge on any atom is -0.461 e. The van der Waals surface area contributed by atoms with Crippen LogP contribution in [0.4, 0.5) is 0 Å². The number of hydrogen-bond donors (Lipinski definition) is 2. The zero-order valence-electron chi connectivity index (χ0n) is 29.5. The maximum atomic E-state index is 12.9. The van der Waals surface area contributed by atoms with E-state index >= 15 is 0 Å². The second-order valence-corrected chi connectivity index (χ2v) is 17.7. The molecule has 44 heavy (non-hydrogen) atoms. The Morgan fingerprint density at radius 3 is 2.18 bits per heavy atom. The normalized spacial score (nSPS) is 37.6. The molecule has 0 aliphatic heterocycles. The summed E-state index contributed by atoms with van der Waals surface area (Å²) in [4.78, 5) is 25.3. The molecule has 0 spiro atoms. The molecule has 0 bridgehead atoms. The van der Waals surface area contributed by atoms with Gasteiger partial charge in [-0.25, -0.2) is 0 Å². The van der Waals surface area contributed by atoms with Crippen molar-refractivity contribution in [3.63, 3.8) is 0 Å². The molecule has 254 valence electrons. The van der Waals surface area contributed by atoms with E-state index in [0.29, 0.717) is 47.8 Å². The fraction of sp³-hybridized carbons (Fsp3) is 0.946. The molecule has 0 radical (unpaired) electrons. The molecule has 4 aliphatic carbocycles. The van der Waals surface area contributed by atoms with Gasteiger partial charge >= 0.3 is 11.9 Å². The van der Waals surface area contributed by atoms with Gasteiger partial charge < -0.3 is 25.1 Å². The molecule has 11 atom stereocenters. The quantitative estimate of drug-likeness (QED) is 0.192. The highest BCUT2D eigenvalue weighted by Gasteiger charge is 2.60. The third-order valence-electron chi connectivity index (χ3n) is 12.4. The first-order valence-corrected chi connectivity index (χ1v) is 17.9. The van der Waals surface area contributed by atoms with E-state index < -0.39 is 23.5 Å². The van der Waals surface area contributed by atoms with Crippen LogP contribution in [-0.4, -0.2) is 46.7 Å². The lowest BCUT2D eigenvalue weighted by Crippen LogP contribution is -2.54. The van der Waals surface area contributed by atoms with Crippen molar-refractivity contribution in [1.29, 1.82) is 0 Å². The zero-order valence-corrected chi connectivity index (χ0v) is 29.5. The molecule has 0 amide bonds. The molecule has 7 nitrogen and oxygen atoms in total. The van der Waals surface area contributed by atoms with Crippen LogP contribution in [0.5, 0.6) is 0 Å². The summed E-state index contributed by atoms with van der Waals surface area (Å²) in [7, 11) is 0. The lowest BCUT2D eigenvalue weighted by Gasteiger charge is -2.61. The Morgan fingerprint density at radius 1 is 0.864 bits per heavy atom. The van der Waals surface area contributed by atoms with Gasteiger partial charge in [-0.3, -0.25) is 9.59 Å². The van der Waals surface area contributed by atoms with Crippen LogP contribution in [0.3, 0.4) is 0 Å². The van der Waals surface area contributed by atoms with Crippen molar-refractivity contribution in [3.05, 3.63) is 0 Å². The van der Waals surface area contributed by atoms with Crippen molar-refractivity contribution < 1.29 is 28.9 Å². The molecular formula is C37H65NO6. The maximum Gasteiger partial charge on any atom is 0.323 e. The molecule has 4 rings (SSSR count). The van der Waals surface area contributed by atoms with E-state index in [2.05, 4.69) is 20.8 Å². The Hall–Kier alpha value is -1.18. The standard InChI is InChI=1S/C37H65NO6/c1-23(10-16-31(39)43-34(2,3)4)27-13-14-28-26-12-11-24-22-25(18-20-36(24,8)29(26)19-21-37(27,28)9)42-33(41)30(38)15-17-32(40)44-35(5,6)7/h23-30,32,40H,10-22,38H2,1-9H3/t23-,24?,25+,26?,27?,28?,29?,30+,32?,36+,37?/m1/s1. The summed E-state index contributed by atoms with van der Waals surface area (Å²) >= 11 is 0. The lowest BCUT2D eigenvalue weighted by atomic mass is 9.44. The summed E-state index contributed by atoms with van der Waals surface area (Å²) in [5.41, 5.74) is 5.99. The highest BCUT2D eigenvalue weighted by Crippen LogP contribution is 2.68. The van der Waals surface area contributed by atoms with Crippen LogP contribution in [0.25, 0.3) is 0 Å². The zero-order chi connectivity index (χ0) is 32.7. The Kier molecular flexibility index (Phi) is 11.0. The van der Waals surface area contributed by atoms with Crippen LogP contribution in [-0.2, 0) is 23.8 Å². The molecule has 0 aromatic heterocycles. The largest absolute Gasteiger partial charge is 0.461 e. The molecule has 4 saturated carbocycles. The van der Waals surface area contributed by atoms with Crippen LogP contribution in [0.2, 0.25) is 0 Å². The fourth-order valence-electron chi connectivity index (χ4n) is 10.4. The number of carbonyl (C=O) groups is 2. The Balaban J connectivity index is 1.30. The van der Waals surface area contributed by atoms with Crippen LogP contribution in [0.1, 0.15) is 146 Å². The van der Waals surface area contributed by atoms with Gasteiger partial charge in [0.15, 0.2) is 6.29 Å². The second kappa shape index (κ2) is 13.5. The predicted octanol–water partition coefficient (Wildman–Crippen LogP) is 7.56. The number of carbonyl (C=O) groups excluding carboxylic acids is 2. The topological polar surface area (TPSA) is 108 Å². The van der Waals surface area contributed by atoms with Gasteiger partial charge in [-0.1, -0.05) is 20.8 Å². The number of rotatable bonds is 10. The van der Waals surface area contributed by atoms with E-state index in [1.165, 1.54) is 38.5 Å². The fourth-order valence-corrected chi connectivity index (χ4v) is 10.4. The molecule has 4 aliphatic rings. The van der Waals surface area contributed by atoms with Gasteiger partial charge in [-0.15, -0.1) is 0 Å². The van der Waals surface area contributed by atoms with Crippen molar-refractivity contribution in [3.8, 4) is 0 Å². The highest BCUT2D eigenvalue weighted by molar-refractivity contribution is 5.75. The first-order valence-electron chi connectivity index (χ1n) is 17.9. The number of esters is 2. The predicted molar refractivity (Wildman–Crippen MR) is 173 cm³/mol. The Bertz CT molecular complexity index is 1000. The summed E-state index contributed by atoms with van der Waals surface area (Å²) in [6.45, 7) is 19.0. The number of aliphatic hydroxyl groups is 1. The van der Waals surface area contributed by atoms with Gasteiger partial charge in [-0.05, 0) is 159 Å². The molecular weight excluding hydrogens is 554 g/mol. The molecule has 4 fully saturated rings. The minimum absolute atomic E-state index is 0.0607. The van der Waals surface area contributed by atoms with E-state index in [0.717, 1.165) is 43.4 Å². The van der Waals surface area contributed by atoms with Gasteiger partial charge in [0.25, 0.3) is 0 Å². The molecule has 3 N–H and O–H groups in total. The van der Waals surface area contributed by atoms with Gasteiger partial charge in [0.2, 0.25) is 0 Å². The van der Waals surface area contributed by atoms with Gasteiger partial charge in [-0.2, -0.15) is 0 Å². The first-order chi connectivity index (χ1) is 20.3. The number of hydrogen-bond acceptors (Lipinski definition) is 7. The molecule has 0 aromatic carbocycles. The molecule has 0 aromatic rings. The van der Waals surface area contributed by atoms with Crippen LogP contribution >= 0.6 is 0 Å². The van der Waals surface area contributed by atoms with Gasteiger partial charge in [0, 0.05) is 12.8 Å². The van der Waals surface area contributed by atoms with Crippen molar-refractivity contribution >= 4 is 11.9 Å². The molecule has 7 heteroatoms. The molecule has 0 saturated heterocycles. The van der Waals surface area contributed by atoms with Crippen molar-refractivity contribution in [2.75, 3.05) is 0 Å². The summed E-state index contributed by atoms with van der Waals surface area (Å²) in [6.07, 6.45) is 11.8. The number of aliphatic hydroxyl groups excluding tert-OH is 1. The second-order valence-electron chi connectivity index (χ2n) is 17.7. The number of ether oxygens (including phenoxy) is 3. The maximum absolute atomic E-state index is 12.9. The average molecular weight is 620 g/mol. The van der Waals surface area contributed by atoms with E-state index in [1.807, 2.05) is 41.5 Å². The smallest absolute Gasteiger partial charge is 0.323 e. The van der Waals surface area contributed by atoms with E-state index in [1.54, 1.807) is 0 Å². The molecule has 0 heterocycles. The summed E-state index contributed by atoms with van der Waals surface area (Å²) in [5.74, 6) is 3.70. The number of nitrogens with two attached hydrogens (primary N) is 1. The van der Waals surface area contributed by atoms with Crippen LogP contribution in [0.15, 0.2) is 0 Å². The molecule has 7 unspecified atom stereocenters. The van der Waals surface area contributed by atoms with Gasteiger partial charge in [0.05, 0.1) is 5.60 Å². The lowest BCUT2D eigenvalue weighted by molar-refractivity contribution is -0.172. The van der Waals surface area contributed by atoms with Gasteiger partial charge in [0.1, 0.15) is 17.7 Å². The van der Waals surface area contributed by atoms with Crippen LogP contribution in [0, 0.1) is 46.3 Å². The average Bonchev–Trinajstić information content (AvgIpc) is 3.26. The SMILES string of the molecule is C[C@H](CCC(=O)OC(C)(C)C)C1CCC2C3CCC4C[C@@H](OC(=O)[C@@H](N)CCC(O)OC(C)(C)C)CC[C@]4(C)C3CCC21C. The van der Waals surface area contributed by atoms with E-state index in [-0.39, 0.29) is 18.0 Å².